The number of benzene rings is 2. The Morgan fingerprint density at radius 1 is 0.850 bits per heavy atom. The number of rotatable bonds is 6. The lowest BCUT2D eigenvalue weighted by atomic mass is 10.0. The van der Waals surface area contributed by atoms with E-state index in [0.717, 1.165) is 25.1 Å². The Bertz CT molecular complexity index is 522. The normalized spacial score (nSPS) is 10.3. The highest BCUT2D eigenvalue weighted by Gasteiger charge is 2.05. The zero-order chi connectivity index (χ0) is 14.4. The molecule has 106 valence electrons. The first-order valence-electron chi connectivity index (χ1n) is 7.39. The summed E-state index contributed by atoms with van der Waals surface area (Å²) in [5, 5.41) is 6.76. The third-order valence-electron chi connectivity index (χ3n) is 3.71. The third-order valence-corrected chi connectivity index (χ3v) is 3.71. The van der Waals surface area contributed by atoms with Gasteiger partial charge in [-0.1, -0.05) is 44.2 Å². The number of anilines is 2. The van der Waals surface area contributed by atoms with Gasteiger partial charge < -0.3 is 10.6 Å². The zero-order valence-corrected chi connectivity index (χ0v) is 12.7. The smallest absolute Gasteiger partial charge is 0.0407 e. The molecule has 0 aliphatic heterocycles. The SMILES string of the molecule is CCc1cccc(CC)c1NCc1ccc(NC)cc1. The van der Waals surface area contributed by atoms with Crippen molar-refractivity contribution in [2.75, 3.05) is 17.7 Å². The van der Waals surface area contributed by atoms with Gasteiger partial charge in [0, 0.05) is 25.0 Å². The molecule has 2 heteroatoms. The first kappa shape index (κ1) is 14.4. The molecule has 2 aromatic rings. The topological polar surface area (TPSA) is 24.1 Å². The highest BCUT2D eigenvalue weighted by Crippen LogP contribution is 2.23. The molecular formula is C18H24N2. The van der Waals surface area contributed by atoms with Gasteiger partial charge in [-0.15, -0.1) is 0 Å². The maximum Gasteiger partial charge on any atom is 0.0407 e. The first-order chi connectivity index (χ1) is 9.78. The van der Waals surface area contributed by atoms with Crippen molar-refractivity contribution in [1.29, 1.82) is 0 Å². The van der Waals surface area contributed by atoms with Gasteiger partial charge in [0.1, 0.15) is 0 Å². The van der Waals surface area contributed by atoms with Crippen molar-refractivity contribution in [3.8, 4) is 0 Å². The second-order valence-corrected chi connectivity index (χ2v) is 4.96. The van der Waals surface area contributed by atoms with Gasteiger partial charge in [0.2, 0.25) is 0 Å². The number of hydrogen-bond donors (Lipinski definition) is 2. The molecule has 2 rings (SSSR count). The summed E-state index contributed by atoms with van der Waals surface area (Å²) in [4.78, 5) is 0. The number of hydrogen-bond acceptors (Lipinski definition) is 2. The Balaban J connectivity index is 2.13. The van der Waals surface area contributed by atoms with Crippen LogP contribution in [0.5, 0.6) is 0 Å². The molecule has 0 saturated heterocycles. The highest BCUT2D eigenvalue weighted by molar-refractivity contribution is 5.58. The van der Waals surface area contributed by atoms with Gasteiger partial charge in [-0.05, 0) is 41.7 Å². The van der Waals surface area contributed by atoms with E-state index in [4.69, 9.17) is 0 Å². The van der Waals surface area contributed by atoms with Gasteiger partial charge in [0.05, 0.1) is 0 Å². The van der Waals surface area contributed by atoms with Crippen molar-refractivity contribution < 1.29 is 0 Å². The van der Waals surface area contributed by atoms with Gasteiger partial charge in [0.25, 0.3) is 0 Å². The minimum absolute atomic E-state index is 0.869. The summed E-state index contributed by atoms with van der Waals surface area (Å²) >= 11 is 0. The molecule has 0 amide bonds. The summed E-state index contributed by atoms with van der Waals surface area (Å²) in [5.74, 6) is 0. The Morgan fingerprint density at radius 2 is 1.45 bits per heavy atom. The van der Waals surface area contributed by atoms with E-state index in [0.29, 0.717) is 0 Å². The molecule has 0 aliphatic carbocycles. The van der Waals surface area contributed by atoms with Crippen molar-refractivity contribution in [2.45, 2.75) is 33.2 Å². The lowest BCUT2D eigenvalue weighted by molar-refractivity contribution is 1.05. The molecule has 20 heavy (non-hydrogen) atoms. The van der Waals surface area contributed by atoms with Gasteiger partial charge in [-0.3, -0.25) is 0 Å². The Labute approximate surface area is 122 Å². The summed E-state index contributed by atoms with van der Waals surface area (Å²) < 4.78 is 0. The molecule has 0 saturated carbocycles. The van der Waals surface area contributed by atoms with E-state index in [9.17, 15) is 0 Å². The quantitative estimate of drug-likeness (QED) is 0.808. The molecule has 2 N–H and O–H groups in total. The third kappa shape index (κ3) is 3.32. The Morgan fingerprint density at radius 3 is 1.95 bits per heavy atom. The van der Waals surface area contributed by atoms with Gasteiger partial charge in [-0.2, -0.15) is 0 Å². The average Bonchev–Trinajstić information content (AvgIpc) is 2.52. The largest absolute Gasteiger partial charge is 0.388 e. The maximum absolute atomic E-state index is 3.62. The number of para-hydroxylation sites is 1. The second-order valence-electron chi connectivity index (χ2n) is 4.96. The van der Waals surface area contributed by atoms with Gasteiger partial charge >= 0.3 is 0 Å². The minimum atomic E-state index is 0.869. The molecule has 0 radical (unpaired) electrons. The van der Waals surface area contributed by atoms with E-state index in [1.165, 1.54) is 22.4 Å². The van der Waals surface area contributed by atoms with E-state index < -0.39 is 0 Å². The van der Waals surface area contributed by atoms with Crippen molar-refractivity contribution in [2.24, 2.45) is 0 Å². The lowest BCUT2D eigenvalue weighted by Crippen LogP contribution is -2.05. The summed E-state index contributed by atoms with van der Waals surface area (Å²) in [5.41, 5.74) is 6.57. The molecule has 0 atom stereocenters. The number of nitrogens with one attached hydrogen (secondary N) is 2. The highest BCUT2D eigenvalue weighted by atomic mass is 14.9. The van der Waals surface area contributed by atoms with Crippen LogP contribution < -0.4 is 10.6 Å². The van der Waals surface area contributed by atoms with Crippen LogP contribution in [-0.4, -0.2) is 7.05 Å². The molecule has 2 aromatic carbocycles. The fourth-order valence-corrected chi connectivity index (χ4v) is 2.45. The summed E-state index contributed by atoms with van der Waals surface area (Å²) in [7, 11) is 1.94. The monoisotopic (exact) mass is 268 g/mol. The standard InChI is InChI=1S/C18H24N2/c1-4-15-7-6-8-16(5-2)18(15)20-13-14-9-11-17(19-3)12-10-14/h6-12,19-20H,4-5,13H2,1-3H3. The maximum atomic E-state index is 3.62. The minimum Gasteiger partial charge on any atom is -0.388 e. The summed E-state index contributed by atoms with van der Waals surface area (Å²) in [6, 6.07) is 15.1. The molecule has 0 unspecified atom stereocenters. The fraction of sp³-hybridized carbons (Fsp3) is 0.333. The van der Waals surface area contributed by atoms with E-state index >= 15 is 0 Å². The Kier molecular flexibility index (Phi) is 5.05. The van der Waals surface area contributed by atoms with Crippen LogP contribution in [0.25, 0.3) is 0 Å². The first-order valence-corrected chi connectivity index (χ1v) is 7.39. The van der Waals surface area contributed by atoms with Crippen LogP contribution in [-0.2, 0) is 19.4 Å². The van der Waals surface area contributed by atoms with Crippen LogP contribution in [0.3, 0.4) is 0 Å². The predicted octanol–water partition coefficient (Wildman–Crippen LogP) is 4.47. The van der Waals surface area contributed by atoms with Crippen LogP contribution in [0, 0.1) is 0 Å². The van der Waals surface area contributed by atoms with Crippen LogP contribution in [0.4, 0.5) is 11.4 Å². The van der Waals surface area contributed by atoms with Crippen LogP contribution in [0.15, 0.2) is 42.5 Å². The van der Waals surface area contributed by atoms with Crippen LogP contribution in [0.2, 0.25) is 0 Å². The predicted molar refractivity (Wildman–Crippen MR) is 88.5 cm³/mol. The zero-order valence-electron chi connectivity index (χ0n) is 12.7. The van der Waals surface area contributed by atoms with Gasteiger partial charge in [-0.25, -0.2) is 0 Å². The molecule has 0 bridgehead atoms. The van der Waals surface area contributed by atoms with E-state index in [1.54, 1.807) is 0 Å². The molecule has 0 aromatic heterocycles. The summed E-state index contributed by atoms with van der Waals surface area (Å²) in [6.45, 7) is 5.29. The van der Waals surface area contributed by atoms with Crippen molar-refractivity contribution in [3.63, 3.8) is 0 Å². The van der Waals surface area contributed by atoms with Crippen molar-refractivity contribution in [3.05, 3.63) is 59.2 Å². The Hall–Kier alpha value is -1.96. The number of aryl methyl sites for hydroxylation is 2. The van der Waals surface area contributed by atoms with Crippen LogP contribution >= 0.6 is 0 Å². The molecule has 0 spiro atoms. The van der Waals surface area contributed by atoms with Crippen LogP contribution in [0.1, 0.15) is 30.5 Å². The molecule has 0 fully saturated rings. The fourth-order valence-electron chi connectivity index (χ4n) is 2.45. The van der Waals surface area contributed by atoms with E-state index in [2.05, 4.69) is 66.9 Å². The van der Waals surface area contributed by atoms with Crippen molar-refractivity contribution >= 4 is 11.4 Å². The summed E-state index contributed by atoms with van der Waals surface area (Å²) in [6.07, 6.45) is 2.13. The lowest BCUT2D eigenvalue weighted by Gasteiger charge is -2.15. The molecular weight excluding hydrogens is 244 g/mol. The van der Waals surface area contributed by atoms with Gasteiger partial charge in [0.15, 0.2) is 0 Å². The second kappa shape index (κ2) is 6.99. The average molecular weight is 268 g/mol. The molecule has 2 nitrogen and oxygen atoms in total. The molecule has 0 aliphatic rings. The van der Waals surface area contributed by atoms with E-state index in [-0.39, 0.29) is 0 Å². The van der Waals surface area contributed by atoms with Crippen molar-refractivity contribution in [1.82, 2.24) is 0 Å². The van der Waals surface area contributed by atoms with E-state index in [1.807, 2.05) is 7.05 Å². The molecule has 0 heterocycles.